The minimum absolute atomic E-state index is 0.0448. The van der Waals surface area contributed by atoms with Crippen LogP contribution in [0.3, 0.4) is 0 Å². The predicted octanol–water partition coefficient (Wildman–Crippen LogP) is 4.81. The Bertz CT molecular complexity index is 1510. The molecule has 3 aromatic carbocycles. The van der Waals surface area contributed by atoms with E-state index in [2.05, 4.69) is 15.0 Å². The summed E-state index contributed by atoms with van der Waals surface area (Å²) in [5, 5.41) is 2.63. The summed E-state index contributed by atoms with van der Waals surface area (Å²) >= 11 is 0. The van der Waals surface area contributed by atoms with E-state index in [9.17, 15) is 18.0 Å². The van der Waals surface area contributed by atoms with Crippen LogP contribution in [-0.2, 0) is 26.0 Å². The van der Waals surface area contributed by atoms with E-state index >= 15 is 0 Å². The summed E-state index contributed by atoms with van der Waals surface area (Å²) in [6.45, 7) is 3.72. The Morgan fingerprint density at radius 2 is 1.68 bits per heavy atom. The van der Waals surface area contributed by atoms with Crippen molar-refractivity contribution in [3.63, 3.8) is 0 Å². The van der Waals surface area contributed by atoms with Gasteiger partial charge < -0.3 is 14.5 Å². The summed E-state index contributed by atoms with van der Waals surface area (Å²) in [5.41, 5.74) is 2.46. The van der Waals surface area contributed by atoms with Crippen molar-refractivity contribution >= 4 is 33.3 Å². The molecule has 0 atom stereocenters. The van der Waals surface area contributed by atoms with Crippen LogP contribution in [-0.4, -0.2) is 31.9 Å². The highest BCUT2D eigenvalue weighted by Gasteiger charge is 2.23. The van der Waals surface area contributed by atoms with Crippen molar-refractivity contribution in [1.82, 2.24) is 4.98 Å². The van der Waals surface area contributed by atoms with E-state index in [4.69, 9.17) is 9.15 Å². The van der Waals surface area contributed by atoms with Crippen LogP contribution in [0.1, 0.15) is 28.6 Å². The van der Waals surface area contributed by atoms with E-state index in [1.165, 1.54) is 24.4 Å². The molecule has 0 unspecified atom stereocenters. The van der Waals surface area contributed by atoms with Gasteiger partial charge in [-0.2, -0.15) is 0 Å². The van der Waals surface area contributed by atoms with E-state index in [0.29, 0.717) is 11.3 Å². The van der Waals surface area contributed by atoms with Gasteiger partial charge in [-0.25, -0.2) is 13.4 Å². The Hall–Kier alpha value is -4.44. The molecule has 4 rings (SSSR count). The van der Waals surface area contributed by atoms with Crippen molar-refractivity contribution in [3.05, 3.63) is 95.9 Å². The lowest BCUT2D eigenvalue weighted by molar-refractivity contribution is -0.142. The van der Waals surface area contributed by atoms with Crippen LogP contribution in [0.2, 0.25) is 0 Å². The Balaban J connectivity index is 1.61. The molecule has 2 N–H and O–H groups in total. The molecule has 0 bridgehead atoms. The standard InChI is InChI=1S/C27H25N3O6S/c1-3-35-25(31)15-20-11-14-22(16-24(20)37(33,34)30-21-12-9-18(2)10-13-21)29-26(32)23-17-28-27(36-23)19-7-5-4-6-8-19/h4-14,16-17,30H,3,15H2,1-2H3,(H,29,32). The second kappa shape index (κ2) is 11.1. The second-order valence-electron chi connectivity index (χ2n) is 8.13. The third-order valence-electron chi connectivity index (χ3n) is 5.31. The third-order valence-corrected chi connectivity index (χ3v) is 6.77. The smallest absolute Gasteiger partial charge is 0.310 e. The van der Waals surface area contributed by atoms with Crippen molar-refractivity contribution in [2.45, 2.75) is 25.2 Å². The van der Waals surface area contributed by atoms with Crippen molar-refractivity contribution in [2.75, 3.05) is 16.6 Å². The molecule has 0 aliphatic heterocycles. The number of nitrogens with zero attached hydrogens (tertiary/aromatic N) is 1. The molecule has 37 heavy (non-hydrogen) atoms. The first-order valence-electron chi connectivity index (χ1n) is 11.5. The Morgan fingerprint density at radius 3 is 2.38 bits per heavy atom. The highest BCUT2D eigenvalue weighted by atomic mass is 32.2. The van der Waals surface area contributed by atoms with Gasteiger partial charge in [0.1, 0.15) is 0 Å². The van der Waals surface area contributed by atoms with Crippen LogP contribution >= 0.6 is 0 Å². The van der Waals surface area contributed by atoms with Gasteiger partial charge in [0.15, 0.2) is 0 Å². The molecule has 0 aliphatic rings. The first-order valence-corrected chi connectivity index (χ1v) is 12.9. The van der Waals surface area contributed by atoms with Crippen LogP contribution in [0.4, 0.5) is 11.4 Å². The van der Waals surface area contributed by atoms with E-state index < -0.39 is 21.9 Å². The maximum atomic E-state index is 13.3. The summed E-state index contributed by atoms with van der Waals surface area (Å²) in [7, 11) is -4.12. The fourth-order valence-electron chi connectivity index (χ4n) is 3.51. The molecule has 9 nitrogen and oxygen atoms in total. The molecule has 0 aliphatic carbocycles. The van der Waals surface area contributed by atoms with Crippen LogP contribution in [0.15, 0.2) is 88.3 Å². The molecule has 0 radical (unpaired) electrons. The first kappa shape index (κ1) is 25.6. The number of carbonyl (C=O) groups is 2. The SMILES string of the molecule is CCOC(=O)Cc1ccc(NC(=O)c2cnc(-c3ccccc3)o2)cc1S(=O)(=O)Nc1ccc(C)cc1. The predicted molar refractivity (Wildman–Crippen MR) is 139 cm³/mol. The Kier molecular flexibility index (Phi) is 7.69. The average Bonchev–Trinajstić information content (AvgIpc) is 3.38. The number of oxazole rings is 1. The fourth-order valence-corrected chi connectivity index (χ4v) is 4.84. The zero-order valence-electron chi connectivity index (χ0n) is 20.2. The molecule has 0 saturated heterocycles. The zero-order valence-corrected chi connectivity index (χ0v) is 21.0. The van der Waals surface area contributed by atoms with Crippen LogP contribution in [0.25, 0.3) is 11.5 Å². The molecule has 190 valence electrons. The fraction of sp³-hybridized carbons (Fsp3) is 0.148. The maximum Gasteiger partial charge on any atom is 0.310 e. The van der Waals surface area contributed by atoms with Gasteiger partial charge in [-0.3, -0.25) is 14.3 Å². The molecular formula is C27H25N3O6S. The number of sulfonamides is 1. The topological polar surface area (TPSA) is 128 Å². The number of hydrogen-bond donors (Lipinski definition) is 2. The average molecular weight is 520 g/mol. The van der Waals surface area contributed by atoms with Gasteiger partial charge in [0.05, 0.1) is 24.1 Å². The van der Waals surface area contributed by atoms with Crippen LogP contribution < -0.4 is 10.0 Å². The van der Waals surface area contributed by atoms with Crippen LogP contribution in [0.5, 0.6) is 0 Å². The molecule has 1 aromatic heterocycles. The number of aromatic nitrogens is 1. The van der Waals surface area contributed by atoms with Crippen molar-refractivity contribution < 1.29 is 27.2 Å². The second-order valence-corrected chi connectivity index (χ2v) is 9.78. The van der Waals surface area contributed by atoms with Gasteiger partial charge in [0.25, 0.3) is 15.9 Å². The lowest BCUT2D eigenvalue weighted by atomic mass is 10.1. The largest absolute Gasteiger partial charge is 0.466 e. The van der Waals surface area contributed by atoms with Gasteiger partial charge in [0, 0.05) is 16.9 Å². The Morgan fingerprint density at radius 1 is 0.973 bits per heavy atom. The molecule has 0 spiro atoms. The van der Waals surface area contributed by atoms with E-state index in [1.807, 2.05) is 25.1 Å². The molecule has 4 aromatic rings. The number of carbonyl (C=O) groups excluding carboxylic acids is 2. The summed E-state index contributed by atoms with van der Waals surface area (Å²) in [4.78, 5) is 28.9. The van der Waals surface area contributed by atoms with Gasteiger partial charge in [-0.05, 0) is 55.8 Å². The normalized spacial score (nSPS) is 11.1. The number of anilines is 2. The van der Waals surface area contributed by atoms with Gasteiger partial charge in [-0.1, -0.05) is 42.0 Å². The summed E-state index contributed by atoms with van der Waals surface area (Å²) in [6.07, 6.45) is 1.04. The van der Waals surface area contributed by atoms with Gasteiger partial charge in [-0.15, -0.1) is 0 Å². The monoisotopic (exact) mass is 519 g/mol. The van der Waals surface area contributed by atoms with Crippen molar-refractivity contribution in [3.8, 4) is 11.5 Å². The van der Waals surface area contributed by atoms with Crippen LogP contribution in [0, 0.1) is 6.92 Å². The van der Waals surface area contributed by atoms with Gasteiger partial charge >= 0.3 is 5.97 Å². The number of amides is 1. The molecule has 1 heterocycles. The van der Waals surface area contributed by atoms with Crippen molar-refractivity contribution in [2.24, 2.45) is 0 Å². The number of ether oxygens (including phenoxy) is 1. The number of aryl methyl sites for hydroxylation is 1. The summed E-state index contributed by atoms with van der Waals surface area (Å²) < 4.78 is 39.7. The minimum atomic E-state index is -4.12. The van der Waals surface area contributed by atoms with E-state index in [1.54, 1.807) is 43.3 Å². The molecular weight excluding hydrogens is 494 g/mol. The first-order chi connectivity index (χ1) is 17.7. The highest BCUT2D eigenvalue weighted by molar-refractivity contribution is 7.92. The quantitative estimate of drug-likeness (QED) is 0.304. The molecule has 0 fully saturated rings. The van der Waals surface area contributed by atoms with Gasteiger partial charge in [0.2, 0.25) is 11.7 Å². The highest BCUT2D eigenvalue weighted by Crippen LogP contribution is 2.26. The Labute approximate surface area is 214 Å². The summed E-state index contributed by atoms with van der Waals surface area (Å²) in [6, 6.07) is 20.2. The number of nitrogens with one attached hydrogen (secondary N) is 2. The van der Waals surface area contributed by atoms with Crippen molar-refractivity contribution in [1.29, 1.82) is 0 Å². The maximum absolute atomic E-state index is 13.3. The number of hydrogen-bond acceptors (Lipinski definition) is 7. The lowest BCUT2D eigenvalue weighted by Gasteiger charge is -2.14. The summed E-state index contributed by atoms with van der Waals surface area (Å²) in [5.74, 6) is -0.943. The number of esters is 1. The number of rotatable bonds is 9. The molecule has 10 heteroatoms. The van der Waals surface area contributed by atoms with E-state index in [-0.39, 0.29) is 40.8 Å². The molecule has 0 saturated carbocycles. The zero-order chi connectivity index (χ0) is 26.4. The minimum Gasteiger partial charge on any atom is -0.466 e. The third kappa shape index (κ3) is 6.42. The lowest BCUT2D eigenvalue weighted by Crippen LogP contribution is -2.18. The molecule has 1 amide bonds. The van der Waals surface area contributed by atoms with E-state index in [0.717, 1.165) is 5.56 Å². The number of benzene rings is 3.